The van der Waals surface area contributed by atoms with Crippen molar-refractivity contribution in [1.29, 1.82) is 0 Å². The fraction of sp³-hybridized carbons (Fsp3) is 0.0833. The highest BCUT2D eigenvalue weighted by atomic mass is 16.5. The number of amides is 1. The van der Waals surface area contributed by atoms with Gasteiger partial charge in [-0.1, -0.05) is 24.3 Å². The van der Waals surface area contributed by atoms with Crippen molar-refractivity contribution >= 4 is 28.1 Å². The lowest BCUT2D eigenvalue weighted by molar-refractivity contribution is 0.0981. The third-order valence-electron chi connectivity index (χ3n) is 5.19. The Kier molecular flexibility index (Phi) is 4.44. The number of anilines is 1. The van der Waals surface area contributed by atoms with E-state index in [4.69, 9.17) is 4.74 Å². The molecule has 0 aliphatic carbocycles. The van der Waals surface area contributed by atoms with Gasteiger partial charge in [-0.3, -0.25) is 4.79 Å². The van der Waals surface area contributed by atoms with E-state index in [0.29, 0.717) is 12.2 Å². The molecule has 0 bridgehead atoms. The van der Waals surface area contributed by atoms with Gasteiger partial charge in [0, 0.05) is 28.9 Å². The van der Waals surface area contributed by atoms with E-state index in [0.717, 1.165) is 33.7 Å². The Bertz CT molecular complexity index is 1340. The summed E-state index contributed by atoms with van der Waals surface area (Å²) in [6, 6.07) is 23.1. The molecule has 0 radical (unpaired) electrons. The normalized spacial score (nSPS) is 11.1. The van der Waals surface area contributed by atoms with Gasteiger partial charge in [0.25, 0.3) is 5.91 Å². The molecule has 0 aliphatic rings. The maximum atomic E-state index is 13.6. The topological polar surface area (TPSA) is 62.6 Å². The molecule has 3 heterocycles. The number of hydrogen-bond acceptors (Lipinski definition) is 3. The maximum Gasteiger partial charge on any atom is 0.275 e. The molecule has 2 aromatic carbocycles. The number of imidazole rings is 1. The van der Waals surface area contributed by atoms with Gasteiger partial charge in [-0.25, -0.2) is 4.98 Å². The van der Waals surface area contributed by atoms with Crippen LogP contribution in [-0.4, -0.2) is 27.4 Å². The summed E-state index contributed by atoms with van der Waals surface area (Å²) in [5.41, 5.74) is 3.99. The summed E-state index contributed by atoms with van der Waals surface area (Å²) in [5.74, 6) is 0.635. The van der Waals surface area contributed by atoms with Gasteiger partial charge >= 0.3 is 0 Å². The molecule has 3 aromatic heterocycles. The molecule has 0 spiro atoms. The largest absolute Gasteiger partial charge is 0.497 e. The number of para-hydroxylation sites is 1. The molecule has 1 N–H and O–H groups in total. The second-order valence-corrected chi connectivity index (χ2v) is 7.04. The van der Waals surface area contributed by atoms with E-state index in [1.54, 1.807) is 12.0 Å². The van der Waals surface area contributed by atoms with Gasteiger partial charge in [0.15, 0.2) is 0 Å². The quantitative estimate of drug-likeness (QED) is 0.470. The molecule has 30 heavy (non-hydrogen) atoms. The standard InChI is InChI=1S/C24H20N4O2/c1-30-20-11-10-17-13-22(26-21(17)14-20)24(29)28(18-7-3-2-4-8-18)16-19-15-25-23-9-5-6-12-27(19)23/h2-15,26H,16H2,1H3. The molecule has 0 atom stereocenters. The minimum Gasteiger partial charge on any atom is -0.497 e. The van der Waals surface area contributed by atoms with Crippen molar-refractivity contribution in [1.82, 2.24) is 14.4 Å². The van der Waals surface area contributed by atoms with Crippen LogP contribution in [0, 0.1) is 0 Å². The average Bonchev–Trinajstić information content (AvgIpc) is 3.41. The van der Waals surface area contributed by atoms with Crippen molar-refractivity contribution in [2.45, 2.75) is 6.54 Å². The molecular weight excluding hydrogens is 376 g/mol. The number of fused-ring (bicyclic) bond motifs is 2. The number of rotatable bonds is 5. The Morgan fingerprint density at radius 3 is 2.73 bits per heavy atom. The van der Waals surface area contributed by atoms with Crippen molar-refractivity contribution in [2.24, 2.45) is 0 Å². The van der Waals surface area contributed by atoms with Crippen LogP contribution in [0.25, 0.3) is 16.6 Å². The number of carbonyl (C=O) groups is 1. The summed E-state index contributed by atoms with van der Waals surface area (Å²) in [6.07, 6.45) is 3.77. The summed E-state index contributed by atoms with van der Waals surface area (Å²) >= 11 is 0. The summed E-state index contributed by atoms with van der Waals surface area (Å²) < 4.78 is 7.29. The van der Waals surface area contributed by atoms with Gasteiger partial charge < -0.3 is 19.0 Å². The van der Waals surface area contributed by atoms with Crippen molar-refractivity contribution in [3.63, 3.8) is 0 Å². The highest BCUT2D eigenvalue weighted by Crippen LogP contribution is 2.25. The molecule has 0 fully saturated rings. The third kappa shape index (κ3) is 3.18. The lowest BCUT2D eigenvalue weighted by Gasteiger charge is -2.22. The number of pyridine rings is 1. The fourth-order valence-corrected chi connectivity index (χ4v) is 3.65. The molecule has 0 saturated carbocycles. The molecule has 1 amide bonds. The van der Waals surface area contributed by atoms with Crippen LogP contribution in [0.1, 0.15) is 16.2 Å². The summed E-state index contributed by atoms with van der Waals surface area (Å²) in [7, 11) is 1.63. The second kappa shape index (κ2) is 7.40. The molecule has 148 valence electrons. The van der Waals surface area contributed by atoms with E-state index < -0.39 is 0 Å². The van der Waals surface area contributed by atoms with E-state index in [1.165, 1.54) is 0 Å². The van der Waals surface area contributed by atoms with E-state index in [9.17, 15) is 4.79 Å². The number of methoxy groups -OCH3 is 1. The van der Waals surface area contributed by atoms with Gasteiger partial charge in [-0.2, -0.15) is 0 Å². The molecule has 0 aliphatic heterocycles. The minimum absolute atomic E-state index is 0.109. The second-order valence-electron chi connectivity index (χ2n) is 7.04. The predicted molar refractivity (Wildman–Crippen MR) is 117 cm³/mol. The number of aromatic amines is 1. The Hall–Kier alpha value is -4.06. The molecule has 0 saturated heterocycles. The third-order valence-corrected chi connectivity index (χ3v) is 5.19. The van der Waals surface area contributed by atoms with Crippen LogP contribution in [0.5, 0.6) is 5.75 Å². The first-order valence-corrected chi connectivity index (χ1v) is 9.67. The number of aromatic nitrogens is 3. The number of hydrogen-bond donors (Lipinski definition) is 1. The van der Waals surface area contributed by atoms with Gasteiger partial charge in [-0.15, -0.1) is 0 Å². The Morgan fingerprint density at radius 2 is 1.90 bits per heavy atom. The van der Waals surface area contributed by atoms with Crippen LogP contribution in [0.3, 0.4) is 0 Å². The van der Waals surface area contributed by atoms with Gasteiger partial charge in [-0.05, 0) is 42.5 Å². The fourth-order valence-electron chi connectivity index (χ4n) is 3.65. The lowest BCUT2D eigenvalue weighted by atomic mass is 10.2. The monoisotopic (exact) mass is 396 g/mol. The van der Waals surface area contributed by atoms with Gasteiger partial charge in [0.1, 0.15) is 17.1 Å². The Labute approximate surface area is 173 Å². The smallest absolute Gasteiger partial charge is 0.275 e. The molecule has 5 rings (SSSR count). The Morgan fingerprint density at radius 1 is 1.07 bits per heavy atom. The van der Waals surface area contributed by atoms with E-state index in [1.807, 2.05) is 89.6 Å². The van der Waals surface area contributed by atoms with Crippen LogP contribution < -0.4 is 9.64 Å². The van der Waals surface area contributed by atoms with Crippen molar-refractivity contribution in [3.8, 4) is 5.75 Å². The SMILES string of the molecule is COc1ccc2cc(C(=O)N(Cc3cnc4ccccn34)c3ccccc3)[nH]c2c1. The number of benzene rings is 2. The molecule has 6 nitrogen and oxygen atoms in total. The van der Waals surface area contributed by atoms with E-state index in [-0.39, 0.29) is 5.91 Å². The molecular formula is C24H20N4O2. The van der Waals surface area contributed by atoms with Crippen LogP contribution in [0.2, 0.25) is 0 Å². The highest BCUT2D eigenvalue weighted by molar-refractivity contribution is 6.07. The lowest BCUT2D eigenvalue weighted by Crippen LogP contribution is -2.31. The van der Waals surface area contributed by atoms with E-state index >= 15 is 0 Å². The number of carbonyl (C=O) groups excluding carboxylic acids is 1. The molecule has 6 heteroatoms. The number of H-pyrrole nitrogens is 1. The van der Waals surface area contributed by atoms with Crippen LogP contribution >= 0.6 is 0 Å². The number of nitrogens with zero attached hydrogens (tertiary/aromatic N) is 3. The zero-order valence-corrected chi connectivity index (χ0v) is 16.4. The minimum atomic E-state index is -0.109. The van der Waals surface area contributed by atoms with Crippen LogP contribution in [0.4, 0.5) is 5.69 Å². The predicted octanol–water partition coefficient (Wildman–Crippen LogP) is 4.67. The number of ether oxygens (including phenoxy) is 1. The van der Waals surface area contributed by atoms with Crippen molar-refractivity contribution < 1.29 is 9.53 Å². The van der Waals surface area contributed by atoms with Crippen molar-refractivity contribution in [3.05, 3.63) is 96.6 Å². The molecule has 5 aromatic rings. The summed E-state index contributed by atoms with van der Waals surface area (Å²) in [4.78, 5) is 23.0. The van der Waals surface area contributed by atoms with Crippen LogP contribution in [-0.2, 0) is 6.54 Å². The summed E-state index contributed by atoms with van der Waals surface area (Å²) in [6.45, 7) is 0.396. The zero-order valence-electron chi connectivity index (χ0n) is 16.4. The first kappa shape index (κ1) is 18.0. The summed E-state index contributed by atoms with van der Waals surface area (Å²) in [5, 5.41) is 0.960. The highest BCUT2D eigenvalue weighted by Gasteiger charge is 2.21. The molecule has 0 unspecified atom stereocenters. The Balaban J connectivity index is 1.55. The van der Waals surface area contributed by atoms with Crippen molar-refractivity contribution in [2.75, 3.05) is 12.0 Å². The average molecular weight is 396 g/mol. The maximum absolute atomic E-state index is 13.6. The van der Waals surface area contributed by atoms with E-state index in [2.05, 4.69) is 9.97 Å². The van der Waals surface area contributed by atoms with Gasteiger partial charge in [0.05, 0.1) is 25.5 Å². The first-order chi connectivity index (χ1) is 14.7. The number of nitrogens with one attached hydrogen (secondary N) is 1. The zero-order chi connectivity index (χ0) is 20.5. The van der Waals surface area contributed by atoms with Crippen LogP contribution in [0.15, 0.2) is 85.2 Å². The van der Waals surface area contributed by atoms with Gasteiger partial charge in [0.2, 0.25) is 0 Å². The first-order valence-electron chi connectivity index (χ1n) is 9.67.